The monoisotopic (exact) mass is 370 g/mol. The van der Waals surface area contributed by atoms with Gasteiger partial charge in [-0.2, -0.15) is 0 Å². The summed E-state index contributed by atoms with van der Waals surface area (Å²) >= 11 is -1.04. The van der Waals surface area contributed by atoms with Gasteiger partial charge in [-0.15, -0.1) is 24.8 Å². The molecule has 0 aromatic heterocycles. The standard InChI is InChI=1S/2C3H7O.2ClH.Hf/c2*1-2-3-4;;;/h2*2-3H2,1H3;2*1H;/q2*-1;;;+2. The van der Waals surface area contributed by atoms with Crippen LogP contribution in [0.2, 0.25) is 0 Å². The minimum absolute atomic E-state index is 0. The van der Waals surface area contributed by atoms with E-state index in [1.54, 1.807) is 0 Å². The van der Waals surface area contributed by atoms with Crippen LogP contribution in [0.1, 0.15) is 26.7 Å². The molecule has 0 aliphatic heterocycles. The van der Waals surface area contributed by atoms with Crippen molar-refractivity contribution in [3.05, 3.63) is 0 Å². The molecule has 5 heteroatoms. The van der Waals surface area contributed by atoms with E-state index in [9.17, 15) is 0 Å². The molecule has 0 aliphatic carbocycles. The minimum Gasteiger partial charge on any atom is -0.147 e. The third-order valence-electron chi connectivity index (χ3n) is 0.730. The molecule has 0 unspecified atom stereocenters. The van der Waals surface area contributed by atoms with Crippen LogP contribution in [0, 0.1) is 0 Å². The summed E-state index contributed by atoms with van der Waals surface area (Å²) in [4.78, 5) is 0. The molecule has 0 fully saturated rings. The summed E-state index contributed by atoms with van der Waals surface area (Å²) in [6, 6.07) is 0. The van der Waals surface area contributed by atoms with Crippen molar-refractivity contribution < 1.29 is 29.5 Å². The van der Waals surface area contributed by atoms with Crippen molar-refractivity contribution in [2.75, 3.05) is 13.2 Å². The average Bonchev–Trinajstić information content (AvgIpc) is 1.89. The Morgan fingerprint density at radius 3 is 1.55 bits per heavy atom. The maximum absolute atomic E-state index is 5.26. The summed E-state index contributed by atoms with van der Waals surface area (Å²) in [6.45, 7) is 6.02. The van der Waals surface area contributed by atoms with Gasteiger partial charge in [0.1, 0.15) is 0 Å². The Kier molecular flexibility index (Phi) is 28.9. The fourth-order valence-electron chi connectivity index (χ4n) is 0.329. The zero-order valence-electron chi connectivity index (χ0n) is 6.96. The maximum Gasteiger partial charge on any atom is -0.147 e. The molecule has 2 nitrogen and oxygen atoms in total. The number of halogens is 2. The smallest absolute Gasteiger partial charge is 0.147 e. The van der Waals surface area contributed by atoms with Crippen LogP contribution in [0.3, 0.4) is 0 Å². The molecule has 0 saturated heterocycles. The third kappa shape index (κ3) is 18.4. The molecule has 0 atom stereocenters. The Balaban J connectivity index is -0.000000320. The summed E-state index contributed by atoms with van der Waals surface area (Å²) in [5, 5.41) is 0. The van der Waals surface area contributed by atoms with E-state index in [2.05, 4.69) is 13.8 Å². The van der Waals surface area contributed by atoms with E-state index in [1.165, 1.54) is 0 Å². The summed E-state index contributed by atoms with van der Waals surface area (Å²) in [6.07, 6.45) is 2.23. The van der Waals surface area contributed by atoms with Gasteiger partial charge in [0.15, 0.2) is 0 Å². The fourth-order valence-corrected chi connectivity index (χ4v) is 2.69. The zero-order valence-corrected chi connectivity index (χ0v) is 12.2. The Bertz CT molecular complexity index is 51.8. The van der Waals surface area contributed by atoms with Gasteiger partial charge >= 0.3 is 69.4 Å². The minimum atomic E-state index is -1.04. The van der Waals surface area contributed by atoms with Gasteiger partial charge < -0.3 is 0 Å². The quantitative estimate of drug-likeness (QED) is 0.529. The third-order valence-corrected chi connectivity index (χ3v) is 3.04. The number of hydrogen-bond donors (Lipinski definition) is 0. The number of hydrogen-bond acceptors (Lipinski definition) is 2. The molecule has 0 spiro atoms. The van der Waals surface area contributed by atoms with Crippen molar-refractivity contribution in [1.29, 1.82) is 0 Å². The van der Waals surface area contributed by atoms with E-state index in [4.69, 9.17) is 5.71 Å². The fraction of sp³-hybridized carbons (Fsp3) is 1.00. The Labute approximate surface area is 93.8 Å². The molecule has 0 saturated carbocycles. The van der Waals surface area contributed by atoms with Gasteiger partial charge in [0, 0.05) is 0 Å². The van der Waals surface area contributed by atoms with Gasteiger partial charge in [0.25, 0.3) is 0 Å². The molecule has 0 rings (SSSR count). The average molecular weight is 370 g/mol. The topological polar surface area (TPSA) is 18.5 Å². The second kappa shape index (κ2) is 17.5. The Hall–Kier alpha value is 1.37. The van der Waals surface area contributed by atoms with Crippen molar-refractivity contribution in [3.63, 3.8) is 0 Å². The second-order valence-corrected chi connectivity index (χ2v) is 4.45. The van der Waals surface area contributed by atoms with Crippen molar-refractivity contribution in [2.24, 2.45) is 0 Å². The summed E-state index contributed by atoms with van der Waals surface area (Å²) in [7, 11) is 0. The van der Waals surface area contributed by atoms with Crippen LogP contribution in [0.15, 0.2) is 0 Å². The second-order valence-electron chi connectivity index (χ2n) is 1.78. The molecule has 0 radical (unpaired) electrons. The van der Waals surface area contributed by atoms with Crippen LogP contribution in [0.4, 0.5) is 0 Å². The molecule has 0 aromatic rings. The molecule has 0 heterocycles. The Morgan fingerprint density at radius 1 is 0.909 bits per heavy atom. The molecule has 11 heavy (non-hydrogen) atoms. The van der Waals surface area contributed by atoms with E-state index in [-0.39, 0.29) is 24.8 Å². The first-order valence-corrected chi connectivity index (χ1v) is 6.33. The van der Waals surface area contributed by atoms with E-state index < -0.39 is 23.8 Å². The molecular weight excluding hydrogens is 353 g/mol. The predicted octanol–water partition coefficient (Wildman–Crippen LogP) is 2.60. The predicted molar refractivity (Wildman–Crippen MR) is 47.0 cm³/mol. The molecule has 70 valence electrons. The molecular formula is C6H16Cl2HfO2. The van der Waals surface area contributed by atoms with Gasteiger partial charge in [0.2, 0.25) is 0 Å². The largest absolute Gasteiger partial charge is 0.147 e. The summed E-state index contributed by atoms with van der Waals surface area (Å²) < 4.78 is 10.5. The summed E-state index contributed by atoms with van der Waals surface area (Å²) in [5.74, 6) is 0. The van der Waals surface area contributed by atoms with E-state index in [1.807, 2.05) is 0 Å². The van der Waals surface area contributed by atoms with Crippen LogP contribution >= 0.6 is 24.8 Å². The van der Waals surface area contributed by atoms with Crippen molar-refractivity contribution in [3.8, 4) is 0 Å². The van der Waals surface area contributed by atoms with Crippen LogP contribution in [0.25, 0.3) is 0 Å². The van der Waals surface area contributed by atoms with E-state index in [0.29, 0.717) is 0 Å². The van der Waals surface area contributed by atoms with Crippen molar-refractivity contribution in [2.45, 2.75) is 26.7 Å². The summed E-state index contributed by atoms with van der Waals surface area (Å²) in [5.41, 5.74) is 0. The number of rotatable bonds is 6. The van der Waals surface area contributed by atoms with Crippen LogP contribution in [-0.4, -0.2) is 13.2 Å². The first-order chi connectivity index (χ1) is 4.41. The molecule has 0 aromatic carbocycles. The van der Waals surface area contributed by atoms with E-state index in [0.717, 1.165) is 26.1 Å². The maximum atomic E-state index is 5.26. The Morgan fingerprint density at radius 2 is 1.27 bits per heavy atom. The van der Waals surface area contributed by atoms with Gasteiger partial charge in [0.05, 0.1) is 0 Å². The SMILES string of the molecule is CCC[O][Hf][O]CCC.Cl.Cl. The first kappa shape index (κ1) is 18.2. The van der Waals surface area contributed by atoms with Crippen LogP contribution in [-0.2, 0) is 29.5 Å². The normalized spacial score (nSPS) is 7.82. The molecule has 0 bridgehead atoms. The van der Waals surface area contributed by atoms with Crippen molar-refractivity contribution in [1.82, 2.24) is 0 Å². The van der Waals surface area contributed by atoms with Crippen LogP contribution in [0.5, 0.6) is 0 Å². The van der Waals surface area contributed by atoms with Gasteiger partial charge in [-0.25, -0.2) is 0 Å². The van der Waals surface area contributed by atoms with Gasteiger partial charge in [-0.05, 0) is 0 Å². The van der Waals surface area contributed by atoms with Gasteiger partial charge in [-0.1, -0.05) is 0 Å². The van der Waals surface area contributed by atoms with Crippen molar-refractivity contribution >= 4 is 24.8 Å². The molecule has 0 amide bonds. The zero-order chi connectivity index (χ0) is 6.95. The van der Waals surface area contributed by atoms with E-state index >= 15 is 0 Å². The molecule has 0 aliphatic rings. The van der Waals surface area contributed by atoms with Crippen LogP contribution < -0.4 is 0 Å². The molecule has 0 N–H and O–H groups in total. The first-order valence-electron chi connectivity index (χ1n) is 3.40. The van der Waals surface area contributed by atoms with Gasteiger partial charge in [-0.3, -0.25) is 0 Å².